The van der Waals surface area contributed by atoms with Crippen LogP contribution in [0, 0.1) is 17.3 Å². The van der Waals surface area contributed by atoms with Crippen LogP contribution in [0.3, 0.4) is 0 Å². The molecule has 0 heterocycles. The minimum atomic E-state index is -1.33. The van der Waals surface area contributed by atoms with Gasteiger partial charge in [-0.2, -0.15) is 0 Å². The average molecular weight is 254 g/mol. The number of rotatable bonds is 4. The van der Waals surface area contributed by atoms with Crippen LogP contribution < -0.4 is 0 Å². The SMILES string of the molecule is CC(CC(=O)C1C(C)C=CCC1(C)C)OC(=O)O. The highest BCUT2D eigenvalue weighted by molar-refractivity contribution is 5.83. The number of carboxylic acid groups (broad SMARTS) is 1. The van der Waals surface area contributed by atoms with E-state index in [1.807, 2.05) is 6.92 Å². The summed E-state index contributed by atoms with van der Waals surface area (Å²) in [6.45, 7) is 7.81. The topological polar surface area (TPSA) is 63.6 Å². The van der Waals surface area contributed by atoms with Gasteiger partial charge in [0.15, 0.2) is 0 Å². The van der Waals surface area contributed by atoms with Gasteiger partial charge in [0, 0.05) is 12.3 Å². The van der Waals surface area contributed by atoms with Crippen molar-refractivity contribution in [2.75, 3.05) is 0 Å². The van der Waals surface area contributed by atoms with Gasteiger partial charge in [-0.15, -0.1) is 0 Å². The monoisotopic (exact) mass is 254 g/mol. The molecule has 1 N–H and O–H groups in total. The number of Topliss-reactive ketones (excluding diaryl/α,β-unsaturated/α-hetero) is 1. The van der Waals surface area contributed by atoms with Gasteiger partial charge in [0.1, 0.15) is 11.9 Å². The van der Waals surface area contributed by atoms with Crippen LogP contribution in [0.25, 0.3) is 0 Å². The summed E-state index contributed by atoms with van der Waals surface area (Å²) in [4.78, 5) is 22.7. The van der Waals surface area contributed by atoms with E-state index in [1.165, 1.54) is 0 Å². The first-order chi connectivity index (χ1) is 8.24. The average Bonchev–Trinajstić information content (AvgIpc) is 2.13. The first kappa shape index (κ1) is 14.7. The van der Waals surface area contributed by atoms with Crippen LogP contribution >= 0.6 is 0 Å². The standard InChI is InChI=1S/C14H22O4/c1-9-6-5-7-14(3,4)12(9)11(15)8-10(2)18-13(16)17/h5-6,9-10,12H,7-8H2,1-4H3,(H,16,17). The van der Waals surface area contributed by atoms with Gasteiger partial charge in [0.25, 0.3) is 0 Å². The lowest BCUT2D eigenvalue weighted by Crippen LogP contribution is -2.38. The number of hydrogen-bond acceptors (Lipinski definition) is 3. The fourth-order valence-corrected chi connectivity index (χ4v) is 2.89. The first-order valence-electron chi connectivity index (χ1n) is 6.33. The normalized spacial score (nSPS) is 27.6. The summed E-state index contributed by atoms with van der Waals surface area (Å²) in [5, 5.41) is 8.52. The van der Waals surface area contributed by atoms with Crippen LogP contribution in [0.2, 0.25) is 0 Å². The van der Waals surface area contributed by atoms with Crippen molar-refractivity contribution in [2.45, 2.75) is 46.6 Å². The van der Waals surface area contributed by atoms with Crippen LogP contribution in [0.4, 0.5) is 4.79 Å². The quantitative estimate of drug-likeness (QED) is 0.617. The predicted molar refractivity (Wildman–Crippen MR) is 68.4 cm³/mol. The lowest BCUT2D eigenvalue weighted by molar-refractivity contribution is -0.130. The zero-order valence-corrected chi connectivity index (χ0v) is 11.5. The summed E-state index contributed by atoms with van der Waals surface area (Å²) in [6.07, 6.45) is 3.30. The second-order valence-electron chi connectivity index (χ2n) is 5.82. The van der Waals surface area contributed by atoms with Gasteiger partial charge in [-0.25, -0.2) is 4.79 Å². The predicted octanol–water partition coefficient (Wildman–Crippen LogP) is 3.27. The number of carbonyl (C=O) groups is 2. The molecule has 1 rings (SSSR count). The molecule has 0 aromatic heterocycles. The molecule has 0 spiro atoms. The molecule has 4 heteroatoms. The molecule has 0 aromatic rings. The molecule has 102 valence electrons. The molecule has 0 radical (unpaired) electrons. The summed E-state index contributed by atoms with van der Waals surface area (Å²) in [5.74, 6) is 0.214. The van der Waals surface area contributed by atoms with Crippen LogP contribution in [-0.2, 0) is 9.53 Å². The van der Waals surface area contributed by atoms with Crippen LogP contribution in [0.15, 0.2) is 12.2 Å². The van der Waals surface area contributed by atoms with Crippen molar-refractivity contribution in [3.8, 4) is 0 Å². The molecule has 1 aliphatic rings. The third kappa shape index (κ3) is 3.59. The minimum Gasteiger partial charge on any atom is -0.450 e. The Bertz CT molecular complexity index is 357. The van der Waals surface area contributed by atoms with E-state index in [1.54, 1.807) is 6.92 Å². The smallest absolute Gasteiger partial charge is 0.450 e. The fraction of sp³-hybridized carbons (Fsp3) is 0.714. The lowest BCUT2D eigenvalue weighted by Gasteiger charge is -2.39. The first-order valence-corrected chi connectivity index (χ1v) is 6.33. The highest BCUT2D eigenvalue weighted by Crippen LogP contribution is 2.41. The van der Waals surface area contributed by atoms with Crippen molar-refractivity contribution in [3.05, 3.63) is 12.2 Å². The molecule has 0 aromatic carbocycles. The van der Waals surface area contributed by atoms with E-state index < -0.39 is 12.3 Å². The van der Waals surface area contributed by atoms with Crippen molar-refractivity contribution in [1.29, 1.82) is 0 Å². The molecule has 0 saturated carbocycles. The molecule has 0 bridgehead atoms. The maximum absolute atomic E-state index is 12.3. The summed E-state index contributed by atoms with van der Waals surface area (Å²) in [5.41, 5.74) is -0.0752. The summed E-state index contributed by atoms with van der Waals surface area (Å²) in [6, 6.07) is 0. The number of carbonyl (C=O) groups excluding carboxylic acids is 1. The van der Waals surface area contributed by atoms with Crippen LogP contribution in [-0.4, -0.2) is 23.1 Å². The van der Waals surface area contributed by atoms with E-state index in [4.69, 9.17) is 5.11 Å². The van der Waals surface area contributed by atoms with Crippen molar-refractivity contribution >= 4 is 11.9 Å². The molecule has 0 saturated heterocycles. The second kappa shape index (κ2) is 5.55. The Balaban J connectivity index is 2.70. The van der Waals surface area contributed by atoms with Crippen molar-refractivity contribution in [1.82, 2.24) is 0 Å². The number of allylic oxidation sites excluding steroid dienone is 2. The van der Waals surface area contributed by atoms with Gasteiger partial charge in [-0.3, -0.25) is 4.79 Å². The van der Waals surface area contributed by atoms with E-state index in [2.05, 4.69) is 30.7 Å². The van der Waals surface area contributed by atoms with E-state index in [0.29, 0.717) is 0 Å². The Kier molecular flexibility index (Phi) is 4.54. The van der Waals surface area contributed by atoms with Gasteiger partial charge in [0.2, 0.25) is 0 Å². The Labute approximate surface area is 108 Å². The lowest BCUT2D eigenvalue weighted by atomic mass is 9.65. The van der Waals surface area contributed by atoms with Gasteiger partial charge < -0.3 is 9.84 Å². The molecule has 0 amide bonds. The zero-order chi connectivity index (χ0) is 13.9. The highest BCUT2D eigenvalue weighted by Gasteiger charge is 2.39. The molecule has 3 unspecified atom stereocenters. The Morgan fingerprint density at radius 3 is 2.61 bits per heavy atom. The zero-order valence-electron chi connectivity index (χ0n) is 11.5. The van der Waals surface area contributed by atoms with E-state index in [9.17, 15) is 9.59 Å². The second-order valence-corrected chi connectivity index (χ2v) is 5.82. The van der Waals surface area contributed by atoms with E-state index in [-0.39, 0.29) is 29.5 Å². The fourth-order valence-electron chi connectivity index (χ4n) is 2.89. The van der Waals surface area contributed by atoms with E-state index in [0.717, 1.165) is 6.42 Å². The van der Waals surface area contributed by atoms with E-state index >= 15 is 0 Å². The largest absolute Gasteiger partial charge is 0.506 e. The maximum Gasteiger partial charge on any atom is 0.506 e. The summed E-state index contributed by atoms with van der Waals surface area (Å²) in [7, 11) is 0. The number of ether oxygens (including phenoxy) is 1. The van der Waals surface area contributed by atoms with Crippen molar-refractivity contribution in [2.24, 2.45) is 17.3 Å². The number of hydrogen-bond donors (Lipinski definition) is 1. The molecule has 4 nitrogen and oxygen atoms in total. The molecule has 18 heavy (non-hydrogen) atoms. The Morgan fingerprint density at radius 1 is 1.50 bits per heavy atom. The highest BCUT2D eigenvalue weighted by atomic mass is 16.7. The van der Waals surface area contributed by atoms with Gasteiger partial charge in [-0.05, 0) is 24.7 Å². The maximum atomic E-state index is 12.3. The molecule has 1 aliphatic carbocycles. The summed E-state index contributed by atoms with van der Waals surface area (Å²) < 4.78 is 4.59. The minimum absolute atomic E-state index is 0.0673. The molecular weight excluding hydrogens is 232 g/mol. The third-order valence-corrected chi connectivity index (χ3v) is 3.59. The number of ketones is 1. The molecule has 3 atom stereocenters. The van der Waals surface area contributed by atoms with Crippen LogP contribution in [0.5, 0.6) is 0 Å². The Hall–Kier alpha value is -1.32. The van der Waals surface area contributed by atoms with Crippen molar-refractivity contribution < 1.29 is 19.4 Å². The van der Waals surface area contributed by atoms with Crippen LogP contribution in [0.1, 0.15) is 40.5 Å². The van der Waals surface area contributed by atoms with Gasteiger partial charge in [-0.1, -0.05) is 32.9 Å². The van der Waals surface area contributed by atoms with Gasteiger partial charge >= 0.3 is 6.16 Å². The molecule has 0 fully saturated rings. The third-order valence-electron chi connectivity index (χ3n) is 3.59. The molecule has 0 aliphatic heterocycles. The van der Waals surface area contributed by atoms with Crippen molar-refractivity contribution in [3.63, 3.8) is 0 Å². The molecular formula is C14H22O4. The van der Waals surface area contributed by atoms with Gasteiger partial charge in [0.05, 0.1) is 0 Å². The Morgan fingerprint density at radius 2 is 2.11 bits per heavy atom. The summed E-state index contributed by atoms with van der Waals surface area (Å²) >= 11 is 0.